The molecular weight excluding hydrogens is 344 g/mol. The maximum absolute atomic E-state index is 13.1. The highest BCUT2D eigenvalue weighted by Gasteiger charge is 2.40. The highest BCUT2D eigenvalue weighted by atomic mass is 16.2. The number of rotatable bonds is 3. The summed E-state index contributed by atoms with van der Waals surface area (Å²) in [7, 11) is 0. The fourth-order valence-corrected chi connectivity index (χ4v) is 4.70. The van der Waals surface area contributed by atoms with Crippen molar-refractivity contribution in [2.45, 2.75) is 51.4 Å². The van der Waals surface area contributed by atoms with Crippen LogP contribution in [0.4, 0.5) is 0 Å². The molecule has 3 amide bonds. The van der Waals surface area contributed by atoms with E-state index in [-0.39, 0.29) is 30.2 Å². The van der Waals surface area contributed by atoms with Crippen LogP contribution in [0, 0.1) is 5.92 Å². The van der Waals surface area contributed by atoms with E-state index in [4.69, 9.17) is 5.73 Å². The third-order valence-corrected chi connectivity index (χ3v) is 5.80. The molecule has 144 valence electrons. The van der Waals surface area contributed by atoms with Crippen LogP contribution in [0.15, 0.2) is 18.2 Å². The molecule has 0 aliphatic carbocycles. The van der Waals surface area contributed by atoms with Crippen molar-refractivity contribution in [3.05, 3.63) is 34.9 Å². The number of nitrogens with one attached hydrogen (secondary N) is 1. The summed E-state index contributed by atoms with van der Waals surface area (Å²) in [5.41, 5.74) is 8.83. The van der Waals surface area contributed by atoms with Gasteiger partial charge < -0.3 is 10.6 Å². The van der Waals surface area contributed by atoms with Crippen molar-refractivity contribution in [3.63, 3.8) is 0 Å². The molecule has 7 heteroatoms. The van der Waals surface area contributed by atoms with E-state index >= 15 is 0 Å². The van der Waals surface area contributed by atoms with Crippen LogP contribution in [-0.2, 0) is 22.7 Å². The van der Waals surface area contributed by atoms with Crippen molar-refractivity contribution < 1.29 is 14.4 Å². The first-order valence-electron chi connectivity index (χ1n) is 9.65. The smallest absolute Gasteiger partial charge is 0.255 e. The van der Waals surface area contributed by atoms with Crippen LogP contribution in [0.5, 0.6) is 0 Å². The lowest BCUT2D eigenvalue weighted by atomic mass is 9.95. The Balaban J connectivity index is 1.55. The standard InChI is InChI=1S/C20H26N4O3/c1-12-7-15(21)11-23(8-12)9-13-3-2-4-14-10-24(20(27)18(13)14)16-5-6-17(25)22-19(16)26/h2-4,12,15-16H,5-11,21H2,1H3,(H,22,25,26)/t12-,15-,16?/m0/s1. The molecular formula is C20H26N4O3. The monoisotopic (exact) mass is 370 g/mol. The van der Waals surface area contributed by atoms with Gasteiger partial charge in [-0.1, -0.05) is 25.1 Å². The van der Waals surface area contributed by atoms with E-state index < -0.39 is 6.04 Å². The van der Waals surface area contributed by atoms with Crippen molar-refractivity contribution in [1.82, 2.24) is 15.1 Å². The van der Waals surface area contributed by atoms with Crippen LogP contribution in [0.25, 0.3) is 0 Å². The Labute approximate surface area is 158 Å². The Hall–Kier alpha value is -2.25. The largest absolute Gasteiger partial charge is 0.327 e. The third-order valence-electron chi connectivity index (χ3n) is 5.80. The number of amides is 3. The number of nitrogens with two attached hydrogens (primary N) is 1. The maximum Gasteiger partial charge on any atom is 0.255 e. The Morgan fingerprint density at radius 1 is 1.22 bits per heavy atom. The second kappa shape index (κ2) is 7.05. The normalized spacial score (nSPS) is 29.0. The van der Waals surface area contributed by atoms with Gasteiger partial charge in [-0.3, -0.25) is 24.6 Å². The molecule has 1 unspecified atom stereocenters. The SMILES string of the molecule is C[C@H]1C[C@H](N)CN(Cc2cccc3c2C(=O)N(C2CCC(=O)NC2=O)C3)C1. The number of carbonyl (C=O) groups excluding carboxylic acids is 3. The van der Waals surface area contributed by atoms with Gasteiger partial charge in [-0.25, -0.2) is 0 Å². The molecule has 3 aliphatic heterocycles. The van der Waals surface area contributed by atoms with Gasteiger partial charge in [-0.2, -0.15) is 0 Å². The van der Waals surface area contributed by atoms with Crippen LogP contribution >= 0.6 is 0 Å². The summed E-state index contributed by atoms with van der Waals surface area (Å²) < 4.78 is 0. The van der Waals surface area contributed by atoms with Gasteiger partial charge in [0.25, 0.3) is 5.91 Å². The summed E-state index contributed by atoms with van der Waals surface area (Å²) in [4.78, 5) is 40.7. The van der Waals surface area contributed by atoms with Gasteiger partial charge in [0.05, 0.1) is 0 Å². The van der Waals surface area contributed by atoms with E-state index in [0.29, 0.717) is 31.0 Å². The fraction of sp³-hybridized carbons (Fsp3) is 0.550. The molecule has 3 aliphatic rings. The lowest BCUT2D eigenvalue weighted by Gasteiger charge is -2.35. The third kappa shape index (κ3) is 3.49. The van der Waals surface area contributed by atoms with Crippen molar-refractivity contribution >= 4 is 17.7 Å². The first kappa shape index (κ1) is 18.1. The first-order valence-corrected chi connectivity index (χ1v) is 9.65. The molecule has 1 aromatic rings. The Morgan fingerprint density at radius 3 is 2.78 bits per heavy atom. The van der Waals surface area contributed by atoms with Crippen molar-refractivity contribution in [3.8, 4) is 0 Å². The predicted octanol–water partition coefficient (Wildman–Crippen LogP) is 0.617. The summed E-state index contributed by atoms with van der Waals surface area (Å²) in [5, 5.41) is 2.35. The topological polar surface area (TPSA) is 95.7 Å². The summed E-state index contributed by atoms with van der Waals surface area (Å²) in [6.07, 6.45) is 1.69. The number of fused-ring (bicyclic) bond motifs is 1. The number of likely N-dealkylation sites (tertiary alicyclic amines) is 1. The molecule has 0 aromatic heterocycles. The van der Waals surface area contributed by atoms with Crippen LogP contribution in [0.2, 0.25) is 0 Å². The summed E-state index contributed by atoms with van der Waals surface area (Å²) >= 11 is 0. The molecule has 3 heterocycles. The van der Waals surface area contributed by atoms with Gasteiger partial charge in [0.15, 0.2) is 0 Å². The van der Waals surface area contributed by atoms with Crippen LogP contribution < -0.4 is 11.1 Å². The average Bonchev–Trinajstić information content (AvgIpc) is 2.92. The highest BCUT2D eigenvalue weighted by molar-refractivity contribution is 6.05. The maximum atomic E-state index is 13.1. The molecule has 4 rings (SSSR count). The van der Waals surface area contributed by atoms with E-state index in [9.17, 15) is 14.4 Å². The van der Waals surface area contributed by atoms with Gasteiger partial charge >= 0.3 is 0 Å². The van der Waals surface area contributed by atoms with Crippen LogP contribution in [0.1, 0.15) is 47.7 Å². The average molecular weight is 370 g/mol. The number of carbonyl (C=O) groups is 3. The van der Waals surface area contributed by atoms with Gasteiger partial charge in [0, 0.05) is 44.2 Å². The van der Waals surface area contributed by atoms with Crippen LogP contribution in [0.3, 0.4) is 0 Å². The minimum Gasteiger partial charge on any atom is -0.327 e. The lowest BCUT2D eigenvalue weighted by Crippen LogP contribution is -2.52. The molecule has 27 heavy (non-hydrogen) atoms. The second-order valence-corrected chi connectivity index (χ2v) is 8.15. The van der Waals surface area contributed by atoms with E-state index in [0.717, 1.165) is 30.6 Å². The van der Waals surface area contributed by atoms with Gasteiger partial charge in [-0.05, 0) is 29.9 Å². The van der Waals surface area contributed by atoms with Gasteiger partial charge in [0.2, 0.25) is 11.8 Å². The van der Waals surface area contributed by atoms with Crippen molar-refractivity contribution in [2.24, 2.45) is 11.7 Å². The first-order chi connectivity index (χ1) is 12.9. The van der Waals surface area contributed by atoms with Crippen molar-refractivity contribution in [1.29, 1.82) is 0 Å². The molecule has 0 radical (unpaired) electrons. The number of hydrogen-bond donors (Lipinski definition) is 2. The van der Waals surface area contributed by atoms with Crippen molar-refractivity contribution in [2.75, 3.05) is 13.1 Å². The lowest BCUT2D eigenvalue weighted by molar-refractivity contribution is -0.136. The number of benzene rings is 1. The number of piperidine rings is 2. The molecule has 7 nitrogen and oxygen atoms in total. The Kier molecular flexibility index (Phi) is 4.74. The van der Waals surface area contributed by atoms with Gasteiger partial charge in [0.1, 0.15) is 6.04 Å². The molecule has 0 bridgehead atoms. The molecule has 3 atom stereocenters. The molecule has 2 saturated heterocycles. The zero-order chi connectivity index (χ0) is 19.1. The zero-order valence-corrected chi connectivity index (χ0v) is 15.6. The Bertz CT molecular complexity index is 783. The molecule has 3 N–H and O–H groups in total. The fourth-order valence-electron chi connectivity index (χ4n) is 4.70. The van der Waals surface area contributed by atoms with E-state index in [2.05, 4.69) is 17.1 Å². The number of hydrogen-bond acceptors (Lipinski definition) is 5. The number of nitrogens with zero attached hydrogens (tertiary/aromatic N) is 2. The number of imide groups is 1. The summed E-state index contributed by atoms with van der Waals surface area (Å²) in [6.45, 7) is 5.12. The molecule has 1 aromatic carbocycles. The second-order valence-electron chi connectivity index (χ2n) is 8.15. The summed E-state index contributed by atoms with van der Waals surface area (Å²) in [6, 6.07) is 5.52. The van der Waals surface area contributed by atoms with Gasteiger partial charge in [-0.15, -0.1) is 0 Å². The van der Waals surface area contributed by atoms with Crippen LogP contribution in [-0.4, -0.2) is 52.7 Å². The minimum atomic E-state index is -0.570. The van der Waals surface area contributed by atoms with E-state index in [1.54, 1.807) is 4.90 Å². The molecule has 2 fully saturated rings. The van der Waals surface area contributed by atoms with E-state index in [1.807, 2.05) is 18.2 Å². The highest BCUT2D eigenvalue weighted by Crippen LogP contribution is 2.31. The zero-order valence-electron chi connectivity index (χ0n) is 15.6. The summed E-state index contributed by atoms with van der Waals surface area (Å²) in [5.74, 6) is -0.202. The quantitative estimate of drug-likeness (QED) is 0.761. The Morgan fingerprint density at radius 2 is 2.04 bits per heavy atom. The molecule has 0 saturated carbocycles. The molecule has 0 spiro atoms. The minimum absolute atomic E-state index is 0.107. The predicted molar refractivity (Wildman–Crippen MR) is 99.5 cm³/mol. The van der Waals surface area contributed by atoms with E-state index in [1.165, 1.54) is 0 Å².